The van der Waals surface area contributed by atoms with Crippen LogP contribution in [0, 0.1) is 0 Å². The van der Waals surface area contributed by atoms with Gasteiger partial charge in [0.05, 0.1) is 16.6 Å². The topological polar surface area (TPSA) is 54.7 Å². The molecule has 0 saturated carbocycles. The van der Waals surface area contributed by atoms with Gasteiger partial charge in [-0.25, -0.2) is 4.98 Å². The van der Waals surface area contributed by atoms with Crippen LogP contribution in [0.1, 0.15) is 31.2 Å². The van der Waals surface area contributed by atoms with E-state index in [1.807, 2.05) is 13.8 Å². The lowest BCUT2D eigenvalue weighted by molar-refractivity contribution is -0.137. The Kier molecular flexibility index (Phi) is 3.06. The van der Waals surface area contributed by atoms with E-state index in [1.54, 1.807) is 0 Å². The third-order valence-electron chi connectivity index (χ3n) is 3.05. The molecule has 2 rings (SSSR count). The van der Waals surface area contributed by atoms with Crippen LogP contribution in [0.15, 0.2) is 18.2 Å². The Hall–Kier alpha value is -1.56. The quantitative estimate of drug-likeness (QED) is 0.868. The van der Waals surface area contributed by atoms with Crippen molar-refractivity contribution >= 4 is 11.0 Å². The molecule has 1 aromatic heterocycles. The third-order valence-corrected chi connectivity index (χ3v) is 3.05. The number of benzene rings is 1. The van der Waals surface area contributed by atoms with Crippen molar-refractivity contribution in [1.29, 1.82) is 0 Å². The molecule has 0 aliphatic heterocycles. The van der Waals surface area contributed by atoms with Crippen molar-refractivity contribution in [1.82, 2.24) is 9.97 Å². The Balaban J connectivity index is 2.46. The van der Waals surface area contributed by atoms with Crippen LogP contribution in [0.5, 0.6) is 0 Å². The van der Waals surface area contributed by atoms with E-state index in [4.69, 9.17) is 5.73 Å². The third kappa shape index (κ3) is 2.33. The largest absolute Gasteiger partial charge is 0.416 e. The summed E-state index contributed by atoms with van der Waals surface area (Å²) in [6, 6.07) is 3.35. The molecule has 1 aromatic carbocycles. The Morgan fingerprint density at radius 3 is 2.50 bits per heavy atom. The molecular formula is C12H14F3N3. The lowest BCUT2D eigenvalue weighted by Crippen LogP contribution is -2.23. The monoisotopic (exact) mass is 257 g/mol. The van der Waals surface area contributed by atoms with Crippen molar-refractivity contribution in [2.24, 2.45) is 5.73 Å². The van der Waals surface area contributed by atoms with Gasteiger partial charge in [-0.1, -0.05) is 6.92 Å². The number of fused-ring (bicyclic) bond motifs is 1. The molecule has 2 aromatic rings. The number of hydrogen-bond acceptors (Lipinski definition) is 2. The van der Waals surface area contributed by atoms with Crippen molar-refractivity contribution in [2.75, 3.05) is 0 Å². The van der Waals surface area contributed by atoms with Gasteiger partial charge in [0.15, 0.2) is 0 Å². The van der Waals surface area contributed by atoms with Gasteiger partial charge in [0, 0.05) is 12.0 Å². The molecule has 3 nitrogen and oxygen atoms in total. The van der Waals surface area contributed by atoms with Crippen LogP contribution in [0.25, 0.3) is 11.0 Å². The zero-order chi connectivity index (χ0) is 13.5. The standard InChI is InChI=1S/C12H14F3N3/c1-6(7(2)16)11-17-9-4-3-8(12(13,14)15)5-10(9)18-11/h3-7H,16H2,1-2H3,(H,17,18). The van der Waals surface area contributed by atoms with Crippen LogP contribution in [0.3, 0.4) is 0 Å². The molecule has 0 amide bonds. The molecule has 2 unspecified atom stereocenters. The van der Waals surface area contributed by atoms with Gasteiger partial charge < -0.3 is 10.7 Å². The molecule has 2 atom stereocenters. The fourth-order valence-electron chi connectivity index (χ4n) is 1.67. The second-order valence-corrected chi connectivity index (χ2v) is 4.50. The summed E-state index contributed by atoms with van der Waals surface area (Å²) in [6.45, 7) is 3.71. The zero-order valence-corrected chi connectivity index (χ0v) is 10.0. The van der Waals surface area contributed by atoms with E-state index in [2.05, 4.69) is 9.97 Å². The molecule has 0 saturated heterocycles. The summed E-state index contributed by atoms with van der Waals surface area (Å²) >= 11 is 0. The molecule has 0 fully saturated rings. The van der Waals surface area contributed by atoms with E-state index < -0.39 is 11.7 Å². The highest BCUT2D eigenvalue weighted by atomic mass is 19.4. The zero-order valence-electron chi connectivity index (χ0n) is 10.0. The maximum Gasteiger partial charge on any atom is 0.416 e. The minimum Gasteiger partial charge on any atom is -0.342 e. The minimum absolute atomic E-state index is 0.0354. The van der Waals surface area contributed by atoms with Gasteiger partial charge in [-0.15, -0.1) is 0 Å². The average Bonchev–Trinajstić information content (AvgIpc) is 2.68. The molecule has 0 aliphatic rings. The van der Waals surface area contributed by atoms with Gasteiger partial charge in [-0.3, -0.25) is 0 Å². The van der Waals surface area contributed by atoms with Crippen molar-refractivity contribution in [3.8, 4) is 0 Å². The van der Waals surface area contributed by atoms with Crippen LogP contribution in [0.4, 0.5) is 13.2 Å². The Labute approximate surface area is 102 Å². The molecule has 0 radical (unpaired) electrons. The number of imidazole rings is 1. The summed E-state index contributed by atoms with van der Waals surface area (Å²) in [5.41, 5.74) is 5.97. The maximum absolute atomic E-state index is 12.6. The van der Waals surface area contributed by atoms with E-state index in [0.717, 1.165) is 12.1 Å². The van der Waals surface area contributed by atoms with Crippen LogP contribution in [-0.2, 0) is 6.18 Å². The molecule has 0 aliphatic carbocycles. The first-order chi connectivity index (χ1) is 8.29. The summed E-state index contributed by atoms with van der Waals surface area (Å²) in [7, 11) is 0. The number of H-pyrrole nitrogens is 1. The molecule has 0 bridgehead atoms. The fourth-order valence-corrected chi connectivity index (χ4v) is 1.67. The number of nitrogens with zero attached hydrogens (tertiary/aromatic N) is 1. The van der Waals surface area contributed by atoms with Crippen LogP contribution < -0.4 is 5.73 Å². The SMILES string of the molecule is CC(N)C(C)c1nc2ccc(C(F)(F)F)cc2[nH]1. The van der Waals surface area contributed by atoms with Crippen molar-refractivity contribution < 1.29 is 13.2 Å². The summed E-state index contributed by atoms with van der Waals surface area (Å²) in [5.74, 6) is 0.575. The van der Waals surface area contributed by atoms with Crippen molar-refractivity contribution in [2.45, 2.75) is 32.0 Å². The summed E-state index contributed by atoms with van der Waals surface area (Å²) < 4.78 is 37.7. The van der Waals surface area contributed by atoms with Gasteiger partial charge in [-0.2, -0.15) is 13.2 Å². The Bertz CT molecular complexity index is 557. The number of halogens is 3. The minimum atomic E-state index is -4.34. The lowest BCUT2D eigenvalue weighted by Gasteiger charge is -2.11. The van der Waals surface area contributed by atoms with E-state index in [1.165, 1.54) is 6.07 Å². The van der Waals surface area contributed by atoms with Gasteiger partial charge in [-0.05, 0) is 25.1 Å². The first-order valence-electron chi connectivity index (χ1n) is 5.61. The first-order valence-corrected chi connectivity index (χ1v) is 5.61. The molecule has 0 spiro atoms. The van der Waals surface area contributed by atoms with Crippen molar-refractivity contribution in [3.05, 3.63) is 29.6 Å². The van der Waals surface area contributed by atoms with Crippen LogP contribution in [0.2, 0.25) is 0 Å². The average molecular weight is 257 g/mol. The number of nitrogens with one attached hydrogen (secondary N) is 1. The highest BCUT2D eigenvalue weighted by molar-refractivity contribution is 5.76. The predicted molar refractivity (Wildman–Crippen MR) is 63.2 cm³/mol. The van der Waals surface area contributed by atoms with Gasteiger partial charge >= 0.3 is 6.18 Å². The Morgan fingerprint density at radius 1 is 1.28 bits per heavy atom. The van der Waals surface area contributed by atoms with E-state index >= 15 is 0 Å². The summed E-state index contributed by atoms with van der Waals surface area (Å²) in [4.78, 5) is 7.15. The number of nitrogens with two attached hydrogens (primary N) is 1. The van der Waals surface area contributed by atoms with E-state index in [9.17, 15) is 13.2 Å². The number of hydrogen-bond donors (Lipinski definition) is 2. The van der Waals surface area contributed by atoms with Crippen molar-refractivity contribution in [3.63, 3.8) is 0 Å². The van der Waals surface area contributed by atoms with Gasteiger partial charge in [0.1, 0.15) is 5.82 Å². The number of aromatic amines is 1. The molecule has 6 heteroatoms. The summed E-state index contributed by atoms with van der Waals surface area (Å²) in [5, 5.41) is 0. The molecular weight excluding hydrogens is 243 g/mol. The van der Waals surface area contributed by atoms with Gasteiger partial charge in [0.2, 0.25) is 0 Å². The number of aromatic nitrogens is 2. The normalized spacial score (nSPS) is 15.9. The Morgan fingerprint density at radius 2 is 1.94 bits per heavy atom. The summed E-state index contributed by atoms with van der Waals surface area (Å²) in [6.07, 6.45) is -4.34. The van der Waals surface area contributed by atoms with E-state index in [-0.39, 0.29) is 12.0 Å². The smallest absolute Gasteiger partial charge is 0.342 e. The number of alkyl halides is 3. The number of rotatable bonds is 2. The molecule has 98 valence electrons. The molecule has 1 heterocycles. The molecule has 18 heavy (non-hydrogen) atoms. The highest BCUT2D eigenvalue weighted by Crippen LogP contribution is 2.31. The second kappa shape index (κ2) is 4.28. The second-order valence-electron chi connectivity index (χ2n) is 4.50. The fraction of sp³-hybridized carbons (Fsp3) is 0.417. The highest BCUT2D eigenvalue weighted by Gasteiger charge is 2.30. The predicted octanol–water partition coefficient (Wildman–Crippen LogP) is 3.03. The lowest BCUT2D eigenvalue weighted by atomic mass is 10.0. The van der Waals surface area contributed by atoms with Gasteiger partial charge in [0.25, 0.3) is 0 Å². The van der Waals surface area contributed by atoms with Crippen LogP contribution >= 0.6 is 0 Å². The maximum atomic E-state index is 12.6. The van der Waals surface area contributed by atoms with Crippen LogP contribution in [-0.4, -0.2) is 16.0 Å². The van der Waals surface area contributed by atoms with E-state index in [0.29, 0.717) is 16.9 Å². The first kappa shape index (κ1) is 12.9. The molecule has 3 N–H and O–H groups in total.